The highest BCUT2D eigenvalue weighted by atomic mass is 16.6. The molecule has 108 valence electrons. The summed E-state index contributed by atoms with van der Waals surface area (Å²) in [6, 6.07) is 5.62. The minimum atomic E-state index is -0.795. The van der Waals surface area contributed by atoms with Crippen LogP contribution in [0.3, 0.4) is 0 Å². The third-order valence-corrected chi connectivity index (χ3v) is 2.37. The maximum atomic E-state index is 11.7. The molecule has 11 heteroatoms. The number of hydrogen-bond donors (Lipinski definition) is 1. The summed E-state index contributed by atoms with van der Waals surface area (Å²) in [7, 11) is 0. The lowest BCUT2D eigenvalue weighted by molar-refractivity contribution is -0.394. The van der Waals surface area contributed by atoms with Crippen molar-refractivity contribution in [1.29, 1.82) is 0 Å². The van der Waals surface area contributed by atoms with Crippen molar-refractivity contribution in [3.05, 3.63) is 50.8 Å². The molecule has 2 rings (SSSR count). The highest BCUT2D eigenvalue weighted by Crippen LogP contribution is 2.22. The lowest BCUT2D eigenvalue weighted by Crippen LogP contribution is -2.19. The zero-order valence-corrected chi connectivity index (χ0v) is 10.4. The number of nitro benzene ring substituents is 1. The zero-order valence-electron chi connectivity index (χ0n) is 10.4. The van der Waals surface area contributed by atoms with Crippen LogP contribution < -0.4 is 5.32 Å². The molecule has 0 radical (unpaired) electrons. The monoisotopic (exact) mass is 292 g/mol. The molecule has 0 aliphatic rings. The predicted molar refractivity (Wildman–Crippen MR) is 68.4 cm³/mol. The van der Waals surface area contributed by atoms with Crippen molar-refractivity contribution in [3.63, 3.8) is 0 Å². The largest absolute Gasteiger partial charge is 0.490 e. The molecule has 0 aliphatic heterocycles. The molecule has 0 atom stereocenters. The zero-order chi connectivity index (χ0) is 15.4. The summed E-state index contributed by atoms with van der Waals surface area (Å²) in [5.74, 6) is -1.25. The molecule has 1 aromatic heterocycles. The van der Waals surface area contributed by atoms with Gasteiger partial charge in [0.05, 0.1) is 4.92 Å². The summed E-state index contributed by atoms with van der Waals surface area (Å²) in [6.07, 6.45) is 1.02. The Morgan fingerprint density at radius 2 is 1.95 bits per heavy atom. The first-order chi connectivity index (χ1) is 9.97. The van der Waals surface area contributed by atoms with Gasteiger partial charge in [-0.1, -0.05) is 17.1 Å². The van der Waals surface area contributed by atoms with E-state index in [1.165, 1.54) is 24.3 Å². The molecule has 0 saturated carbocycles. The minimum absolute atomic E-state index is 0.0297. The molecular weight excluding hydrogens is 284 g/mol. The van der Waals surface area contributed by atoms with Crippen molar-refractivity contribution < 1.29 is 14.6 Å². The van der Waals surface area contributed by atoms with Crippen LogP contribution in [0, 0.1) is 20.2 Å². The molecule has 0 aliphatic carbocycles. The average Bonchev–Trinajstić information content (AvgIpc) is 2.87. The second kappa shape index (κ2) is 5.73. The molecule has 11 nitrogen and oxygen atoms in total. The van der Waals surface area contributed by atoms with E-state index in [1.807, 2.05) is 0 Å². The lowest BCUT2D eigenvalue weighted by atomic mass is 10.2. The number of anilines is 1. The number of carbonyl (C=O) groups is 1. The number of benzene rings is 1. The van der Waals surface area contributed by atoms with Crippen LogP contribution in [0.4, 0.5) is 17.3 Å². The van der Waals surface area contributed by atoms with Crippen LogP contribution >= 0.6 is 0 Å². The van der Waals surface area contributed by atoms with E-state index in [-0.39, 0.29) is 17.9 Å². The average molecular weight is 292 g/mol. The molecule has 1 N–H and O–H groups in total. The molecule has 2 aromatic rings. The number of para-hydroxylation sites is 2. The topological polar surface area (TPSA) is 146 Å². The van der Waals surface area contributed by atoms with Crippen molar-refractivity contribution in [3.8, 4) is 0 Å². The normalized spacial score (nSPS) is 10.1. The standard InChI is InChI=1S/C10H8N6O5/c17-9(5-14-6-11-10(13-14)16(20)21)12-7-3-1-2-4-8(7)15(18)19/h1-4,6H,5H2,(H,12,17). The van der Waals surface area contributed by atoms with Crippen LogP contribution in [-0.4, -0.2) is 30.5 Å². The van der Waals surface area contributed by atoms with Gasteiger partial charge in [0, 0.05) is 11.2 Å². The van der Waals surface area contributed by atoms with Gasteiger partial charge in [-0.05, 0) is 11.0 Å². The van der Waals surface area contributed by atoms with E-state index < -0.39 is 21.7 Å². The van der Waals surface area contributed by atoms with Crippen LogP contribution in [0.25, 0.3) is 0 Å². The van der Waals surface area contributed by atoms with E-state index in [0.717, 1.165) is 11.0 Å². The fraction of sp³-hybridized carbons (Fsp3) is 0.100. The van der Waals surface area contributed by atoms with Crippen LogP contribution in [-0.2, 0) is 11.3 Å². The number of nitrogens with one attached hydrogen (secondary N) is 1. The molecule has 21 heavy (non-hydrogen) atoms. The van der Waals surface area contributed by atoms with E-state index >= 15 is 0 Å². The van der Waals surface area contributed by atoms with Crippen LogP contribution in [0.15, 0.2) is 30.6 Å². The van der Waals surface area contributed by atoms with Crippen molar-refractivity contribution in [2.45, 2.75) is 6.54 Å². The van der Waals surface area contributed by atoms with Crippen molar-refractivity contribution >= 4 is 23.2 Å². The molecule has 1 heterocycles. The van der Waals surface area contributed by atoms with Gasteiger partial charge in [0.2, 0.25) is 12.2 Å². The highest BCUT2D eigenvalue weighted by molar-refractivity contribution is 5.92. The van der Waals surface area contributed by atoms with Crippen molar-refractivity contribution in [1.82, 2.24) is 14.8 Å². The van der Waals surface area contributed by atoms with Gasteiger partial charge in [0.1, 0.15) is 12.2 Å². The quantitative estimate of drug-likeness (QED) is 0.631. The van der Waals surface area contributed by atoms with Crippen LogP contribution in [0.2, 0.25) is 0 Å². The molecule has 0 fully saturated rings. The van der Waals surface area contributed by atoms with E-state index in [2.05, 4.69) is 15.4 Å². The Hall–Kier alpha value is -3.37. The lowest BCUT2D eigenvalue weighted by Gasteiger charge is -2.04. The Labute approximate surface area is 116 Å². The first-order valence-corrected chi connectivity index (χ1v) is 5.54. The summed E-state index contributed by atoms with van der Waals surface area (Å²) >= 11 is 0. The van der Waals surface area contributed by atoms with Gasteiger partial charge in [-0.3, -0.25) is 14.9 Å². The van der Waals surface area contributed by atoms with Gasteiger partial charge < -0.3 is 15.4 Å². The summed E-state index contributed by atoms with van der Waals surface area (Å²) in [5, 5.41) is 27.0. The van der Waals surface area contributed by atoms with E-state index in [0.29, 0.717) is 0 Å². The fourth-order valence-electron chi connectivity index (χ4n) is 1.52. The van der Waals surface area contributed by atoms with Gasteiger partial charge in [-0.25, -0.2) is 0 Å². The fourth-order valence-corrected chi connectivity index (χ4v) is 1.52. The summed E-state index contributed by atoms with van der Waals surface area (Å²) in [5.41, 5.74) is -0.225. The number of nitro groups is 2. The van der Waals surface area contributed by atoms with E-state index in [1.54, 1.807) is 0 Å². The third kappa shape index (κ3) is 3.34. The minimum Gasteiger partial charge on any atom is -0.390 e. The maximum absolute atomic E-state index is 11.7. The maximum Gasteiger partial charge on any atom is 0.490 e. The van der Waals surface area contributed by atoms with Gasteiger partial charge in [0.25, 0.3) is 5.69 Å². The number of aromatic nitrogens is 3. The first-order valence-electron chi connectivity index (χ1n) is 5.54. The SMILES string of the molecule is O=C(Cn1cnc([N+](=O)[O-])n1)Nc1ccccc1[N+](=O)[O-]. The van der Waals surface area contributed by atoms with Crippen LogP contribution in [0.1, 0.15) is 0 Å². The van der Waals surface area contributed by atoms with Gasteiger partial charge in [0.15, 0.2) is 0 Å². The first kappa shape index (κ1) is 14.0. The van der Waals surface area contributed by atoms with Gasteiger partial charge in [-0.15, -0.1) is 0 Å². The van der Waals surface area contributed by atoms with E-state index in [9.17, 15) is 25.0 Å². The summed E-state index contributed by atoms with van der Waals surface area (Å²) < 4.78 is 0.961. The molecule has 0 bridgehead atoms. The Morgan fingerprint density at radius 3 is 2.57 bits per heavy atom. The number of rotatable bonds is 5. The predicted octanol–water partition coefficient (Wildman–Crippen LogP) is 0.733. The molecule has 0 unspecified atom stereocenters. The Morgan fingerprint density at radius 1 is 1.24 bits per heavy atom. The molecule has 1 amide bonds. The Bertz CT molecular complexity index is 711. The second-order valence-electron chi connectivity index (χ2n) is 3.82. The number of carbonyl (C=O) groups excluding carboxylic acids is 1. The summed E-state index contributed by atoms with van der Waals surface area (Å²) in [4.78, 5) is 34.9. The smallest absolute Gasteiger partial charge is 0.390 e. The third-order valence-electron chi connectivity index (χ3n) is 2.37. The van der Waals surface area contributed by atoms with Gasteiger partial charge in [-0.2, -0.15) is 4.68 Å². The number of hydrogen-bond acceptors (Lipinski definition) is 7. The molecule has 0 spiro atoms. The molecule has 1 aromatic carbocycles. The Balaban J connectivity index is 2.08. The summed E-state index contributed by atoms with van der Waals surface area (Å²) in [6.45, 7) is -0.354. The molecular formula is C10H8N6O5. The van der Waals surface area contributed by atoms with E-state index in [4.69, 9.17) is 0 Å². The molecule has 0 saturated heterocycles. The number of amides is 1. The number of nitrogens with zero attached hydrogens (tertiary/aromatic N) is 5. The van der Waals surface area contributed by atoms with Crippen LogP contribution in [0.5, 0.6) is 0 Å². The Kier molecular flexibility index (Phi) is 3.83. The van der Waals surface area contributed by atoms with Gasteiger partial charge >= 0.3 is 5.95 Å². The van der Waals surface area contributed by atoms with Crippen molar-refractivity contribution in [2.24, 2.45) is 0 Å². The second-order valence-corrected chi connectivity index (χ2v) is 3.82. The highest BCUT2D eigenvalue weighted by Gasteiger charge is 2.18. The van der Waals surface area contributed by atoms with Crippen molar-refractivity contribution in [2.75, 3.05) is 5.32 Å².